The average Bonchev–Trinajstić information content (AvgIpc) is 2.82. The number of amides is 4. The van der Waals surface area contributed by atoms with Crippen molar-refractivity contribution in [2.24, 2.45) is 5.92 Å². The number of urea groups is 1. The molecule has 1 aromatic carbocycles. The summed E-state index contributed by atoms with van der Waals surface area (Å²) in [6.45, 7) is 1.68. The number of carbonyl (C=O) groups is 3. The number of nitro groups is 1. The van der Waals surface area contributed by atoms with Gasteiger partial charge in [-0.05, 0) is 37.7 Å². The van der Waals surface area contributed by atoms with Gasteiger partial charge in [0.1, 0.15) is 12.1 Å². The van der Waals surface area contributed by atoms with Crippen LogP contribution in [0.15, 0.2) is 24.3 Å². The van der Waals surface area contributed by atoms with E-state index in [1.165, 1.54) is 24.3 Å². The fraction of sp³-hybridized carbons (Fsp3) is 0.471. The maximum absolute atomic E-state index is 12.7. The average molecular weight is 360 g/mol. The first-order valence-electron chi connectivity index (χ1n) is 8.49. The van der Waals surface area contributed by atoms with Crippen LogP contribution in [0.3, 0.4) is 0 Å². The molecule has 0 bridgehead atoms. The minimum atomic E-state index is -0.893. The molecule has 1 aliphatic heterocycles. The summed E-state index contributed by atoms with van der Waals surface area (Å²) >= 11 is 0. The third-order valence-corrected chi connectivity index (χ3v) is 5.02. The molecule has 1 saturated heterocycles. The second-order valence-electron chi connectivity index (χ2n) is 6.94. The summed E-state index contributed by atoms with van der Waals surface area (Å²) in [6, 6.07) is 4.90. The number of imide groups is 1. The quantitative estimate of drug-likeness (QED) is 0.483. The van der Waals surface area contributed by atoms with Crippen molar-refractivity contribution in [3.63, 3.8) is 0 Å². The lowest BCUT2D eigenvalue weighted by atomic mass is 9.77. The van der Waals surface area contributed by atoms with Crippen molar-refractivity contribution in [3.8, 4) is 0 Å². The second kappa shape index (κ2) is 6.74. The lowest BCUT2D eigenvalue weighted by Crippen LogP contribution is -2.49. The number of nitrogens with one attached hydrogen (secondary N) is 2. The Labute approximate surface area is 149 Å². The first kappa shape index (κ1) is 17.8. The predicted molar refractivity (Wildman–Crippen MR) is 92.3 cm³/mol. The Morgan fingerprint density at radius 1 is 1.38 bits per heavy atom. The third-order valence-electron chi connectivity index (χ3n) is 5.02. The smallest absolute Gasteiger partial charge is 0.324 e. The van der Waals surface area contributed by atoms with E-state index in [1.54, 1.807) is 0 Å². The highest BCUT2D eigenvalue weighted by atomic mass is 16.6. The maximum Gasteiger partial charge on any atom is 0.325 e. The van der Waals surface area contributed by atoms with Crippen LogP contribution in [0.1, 0.15) is 32.6 Å². The number of benzene rings is 1. The number of nitro benzene ring substituents is 1. The molecule has 1 heterocycles. The van der Waals surface area contributed by atoms with E-state index in [0.29, 0.717) is 18.8 Å². The molecule has 0 unspecified atom stereocenters. The normalized spacial score (nSPS) is 25.3. The van der Waals surface area contributed by atoms with Crippen LogP contribution >= 0.6 is 0 Å². The molecule has 2 N–H and O–H groups in total. The predicted octanol–water partition coefficient (Wildman–Crippen LogP) is 2.03. The highest BCUT2D eigenvalue weighted by Crippen LogP contribution is 2.36. The molecule has 138 valence electrons. The zero-order valence-corrected chi connectivity index (χ0v) is 14.4. The van der Waals surface area contributed by atoms with Gasteiger partial charge in [-0.2, -0.15) is 0 Å². The van der Waals surface area contributed by atoms with Gasteiger partial charge in [0, 0.05) is 17.8 Å². The SMILES string of the molecule is CC1CCC2(CC1)NC(=O)N(CC(=O)Nc1cccc([N+](=O)[O-])c1)C2=O. The number of carbonyl (C=O) groups excluding carboxylic acids is 3. The van der Waals surface area contributed by atoms with E-state index >= 15 is 0 Å². The van der Waals surface area contributed by atoms with Gasteiger partial charge in [-0.15, -0.1) is 0 Å². The van der Waals surface area contributed by atoms with Crippen molar-refractivity contribution >= 4 is 29.2 Å². The highest BCUT2D eigenvalue weighted by molar-refractivity contribution is 6.10. The standard InChI is InChI=1S/C17H20N4O5/c1-11-5-7-17(8-6-11)15(23)20(16(24)19-17)10-14(22)18-12-3-2-4-13(9-12)21(25)26/h2-4,9,11H,5-8,10H2,1H3,(H,18,22)(H,19,24). The summed E-state index contributed by atoms with van der Waals surface area (Å²) in [5.74, 6) is -0.449. The van der Waals surface area contributed by atoms with E-state index < -0.39 is 28.9 Å². The molecule has 0 radical (unpaired) electrons. The zero-order valence-electron chi connectivity index (χ0n) is 14.4. The summed E-state index contributed by atoms with van der Waals surface area (Å²) in [5.41, 5.74) is -0.819. The van der Waals surface area contributed by atoms with Crippen LogP contribution in [0.5, 0.6) is 0 Å². The van der Waals surface area contributed by atoms with E-state index in [2.05, 4.69) is 17.6 Å². The van der Waals surface area contributed by atoms with Gasteiger partial charge in [0.05, 0.1) is 4.92 Å². The second-order valence-corrected chi connectivity index (χ2v) is 6.94. The van der Waals surface area contributed by atoms with Gasteiger partial charge in [0.2, 0.25) is 5.91 Å². The zero-order chi connectivity index (χ0) is 18.9. The maximum atomic E-state index is 12.7. The molecular formula is C17H20N4O5. The first-order chi connectivity index (χ1) is 12.3. The molecule has 1 spiro atoms. The van der Waals surface area contributed by atoms with Gasteiger partial charge in [0.15, 0.2) is 0 Å². The van der Waals surface area contributed by atoms with Crippen molar-refractivity contribution < 1.29 is 19.3 Å². The molecule has 9 heteroatoms. The number of nitrogens with zero attached hydrogens (tertiary/aromatic N) is 2. The van der Waals surface area contributed by atoms with E-state index in [-0.39, 0.29) is 17.3 Å². The fourth-order valence-corrected chi connectivity index (χ4v) is 3.45. The lowest BCUT2D eigenvalue weighted by Gasteiger charge is -2.33. The van der Waals surface area contributed by atoms with Gasteiger partial charge in [0.25, 0.3) is 11.6 Å². The Morgan fingerprint density at radius 3 is 2.73 bits per heavy atom. The largest absolute Gasteiger partial charge is 0.325 e. The molecule has 9 nitrogen and oxygen atoms in total. The van der Waals surface area contributed by atoms with Crippen molar-refractivity contribution in [1.29, 1.82) is 0 Å². The summed E-state index contributed by atoms with van der Waals surface area (Å²) in [4.78, 5) is 48.2. The minimum Gasteiger partial charge on any atom is -0.324 e. The van der Waals surface area contributed by atoms with Gasteiger partial charge >= 0.3 is 6.03 Å². The molecule has 1 aromatic rings. The Balaban J connectivity index is 1.66. The molecule has 26 heavy (non-hydrogen) atoms. The Hall–Kier alpha value is -2.97. The number of hydrogen-bond acceptors (Lipinski definition) is 5. The van der Waals surface area contributed by atoms with Crippen LogP contribution in [0.2, 0.25) is 0 Å². The van der Waals surface area contributed by atoms with Gasteiger partial charge < -0.3 is 10.6 Å². The molecule has 0 atom stereocenters. The summed E-state index contributed by atoms with van der Waals surface area (Å²) in [5, 5.41) is 16.0. The summed E-state index contributed by atoms with van der Waals surface area (Å²) in [7, 11) is 0. The Kier molecular flexibility index (Phi) is 4.62. The number of anilines is 1. The van der Waals surface area contributed by atoms with Crippen LogP contribution in [0, 0.1) is 16.0 Å². The molecule has 1 aliphatic carbocycles. The minimum absolute atomic E-state index is 0.159. The fourth-order valence-electron chi connectivity index (χ4n) is 3.45. The van der Waals surface area contributed by atoms with E-state index in [4.69, 9.17) is 0 Å². The van der Waals surface area contributed by atoms with Gasteiger partial charge in [-0.1, -0.05) is 13.0 Å². The molecule has 2 fully saturated rings. The number of non-ortho nitro benzene ring substituents is 1. The summed E-state index contributed by atoms with van der Waals surface area (Å²) < 4.78 is 0. The Morgan fingerprint density at radius 2 is 2.08 bits per heavy atom. The monoisotopic (exact) mass is 360 g/mol. The highest BCUT2D eigenvalue weighted by Gasteiger charge is 2.52. The van der Waals surface area contributed by atoms with Crippen LogP contribution in [-0.4, -0.2) is 39.8 Å². The lowest BCUT2D eigenvalue weighted by molar-refractivity contribution is -0.384. The van der Waals surface area contributed by atoms with Crippen molar-refractivity contribution in [1.82, 2.24) is 10.2 Å². The van der Waals surface area contributed by atoms with Crippen LogP contribution in [-0.2, 0) is 9.59 Å². The first-order valence-corrected chi connectivity index (χ1v) is 8.49. The third kappa shape index (κ3) is 3.37. The van der Waals surface area contributed by atoms with Gasteiger partial charge in [-0.25, -0.2) is 4.79 Å². The van der Waals surface area contributed by atoms with Crippen molar-refractivity contribution in [3.05, 3.63) is 34.4 Å². The molecule has 3 rings (SSSR count). The topological polar surface area (TPSA) is 122 Å². The van der Waals surface area contributed by atoms with Crippen LogP contribution < -0.4 is 10.6 Å². The van der Waals surface area contributed by atoms with Gasteiger partial charge in [-0.3, -0.25) is 24.6 Å². The number of hydrogen-bond donors (Lipinski definition) is 2. The molecular weight excluding hydrogens is 340 g/mol. The van der Waals surface area contributed by atoms with Crippen molar-refractivity contribution in [2.45, 2.75) is 38.1 Å². The molecule has 4 amide bonds. The van der Waals surface area contributed by atoms with E-state index in [1.807, 2.05) is 0 Å². The van der Waals surface area contributed by atoms with E-state index in [0.717, 1.165) is 17.7 Å². The Bertz CT molecular complexity index is 770. The van der Waals surface area contributed by atoms with Crippen LogP contribution in [0.25, 0.3) is 0 Å². The molecule has 1 saturated carbocycles. The molecule has 0 aromatic heterocycles. The van der Waals surface area contributed by atoms with Crippen molar-refractivity contribution in [2.75, 3.05) is 11.9 Å². The van der Waals surface area contributed by atoms with E-state index in [9.17, 15) is 24.5 Å². The van der Waals surface area contributed by atoms with Crippen LogP contribution in [0.4, 0.5) is 16.2 Å². The summed E-state index contributed by atoms with van der Waals surface area (Å²) in [6.07, 6.45) is 2.84. The number of rotatable bonds is 4. The molecule has 2 aliphatic rings.